The minimum absolute atomic E-state index is 0.0527. The third kappa shape index (κ3) is 5.18. The number of carbonyl (C=O) groups is 1. The van der Waals surface area contributed by atoms with Gasteiger partial charge in [0.25, 0.3) is 11.5 Å². The molecule has 10 heteroatoms. The monoisotopic (exact) mass is 538 g/mol. The Kier molecular flexibility index (Phi) is 7.41. The summed E-state index contributed by atoms with van der Waals surface area (Å²) in [6, 6.07) is 14.4. The summed E-state index contributed by atoms with van der Waals surface area (Å²) in [6.07, 6.45) is 5.63. The lowest BCUT2D eigenvalue weighted by Gasteiger charge is -2.14. The Morgan fingerprint density at radius 3 is 2.69 bits per heavy atom. The molecule has 5 rings (SSSR count). The number of halogens is 1. The number of thioether (sulfide) groups is 1. The number of thiophene rings is 1. The largest absolute Gasteiger partial charge is 0.497 e. The summed E-state index contributed by atoms with van der Waals surface area (Å²) in [6.45, 7) is 0. The molecule has 1 N–H and O–H groups in total. The first-order chi connectivity index (χ1) is 17.5. The van der Waals surface area contributed by atoms with Crippen LogP contribution in [0.25, 0.3) is 15.9 Å². The number of ether oxygens (including phenoxy) is 1. The van der Waals surface area contributed by atoms with E-state index >= 15 is 0 Å². The lowest BCUT2D eigenvalue weighted by atomic mass is 9.97. The van der Waals surface area contributed by atoms with Crippen LogP contribution in [0.2, 0.25) is 5.02 Å². The highest BCUT2D eigenvalue weighted by Crippen LogP contribution is 2.35. The van der Waals surface area contributed by atoms with E-state index in [1.54, 1.807) is 53.5 Å². The number of hydrogen-bond donors (Lipinski definition) is 1. The van der Waals surface area contributed by atoms with Gasteiger partial charge in [-0.3, -0.25) is 14.2 Å². The number of nitrogens with zero attached hydrogens (tertiary/aromatic N) is 3. The van der Waals surface area contributed by atoms with Crippen LogP contribution < -0.4 is 15.7 Å². The van der Waals surface area contributed by atoms with Crippen molar-refractivity contribution >= 4 is 57.0 Å². The van der Waals surface area contributed by atoms with E-state index in [2.05, 4.69) is 10.5 Å². The van der Waals surface area contributed by atoms with E-state index in [0.717, 1.165) is 41.6 Å². The molecule has 0 saturated carbocycles. The molecular formula is C26H23ClN4O3S2. The van der Waals surface area contributed by atoms with Crippen molar-refractivity contribution in [3.63, 3.8) is 0 Å². The molecule has 36 heavy (non-hydrogen) atoms. The van der Waals surface area contributed by atoms with Crippen molar-refractivity contribution in [2.75, 3.05) is 12.9 Å². The average molecular weight is 539 g/mol. The molecule has 0 bridgehead atoms. The number of aromatic nitrogens is 2. The fourth-order valence-corrected chi connectivity index (χ4v) is 6.37. The molecule has 1 aliphatic carbocycles. The van der Waals surface area contributed by atoms with Crippen LogP contribution in [0.15, 0.2) is 63.6 Å². The van der Waals surface area contributed by atoms with E-state index in [1.165, 1.54) is 16.6 Å². The highest BCUT2D eigenvalue weighted by atomic mass is 35.5. The fraction of sp³-hybridized carbons (Fsp3) is 0.231. The van der Waals surface area contributed by atoms with E-state index in [-0.39, 0.29) is 17.2 Å². The van der Waals surface area contributed by atoms with Crippen molar-refractivity contribution in [2.45, 2.75) is 30.8 Å². The summed E-state index contributed by atoms with van der Waals surface area (Å²) in [5.41, 5.74) is 5.05. The van der Waals surface area contributed by atoms with Crippen molar-refractivity contribution in [3.05, 3.63) is 79.9 Å². The molecule has 0 atom stereocenters. The van der Waals surface area contributed by atoms with Gasteiger partial charge in [0, 0.05) is 9.90 Å². The Morgan fingerprint density at radius 2 is 1.94 bits per heavy atom. The summed E-state index contributed by atoms with van der Waals surface area (Å²) in [5.74, 6) is 0.448. The first kappa shape index (κ1) is 24.5. The van der Waals surface area contributed by atoms with Gasteiger partial charge < -0.3 is 4.74 Å². The van der Waals surface area contributed by atoms with E-state index in [4.69, 9.17) is 21.3 Å². The number of amides is 1. The first-order valence-corrected chi connectivity index (χ1v) is 13.6. The standard InChI is InChI=1S/C26H23ClN4O3S2/c1-34-19-12-10-18(11-13-19)31-25(33)23-20-4-2-3-5-21(20)36-24(23)29-26(31)35-15-22(32)30-28-14-16-6-8-17(27)9-7-16/h6-14H,2-5,15H2,1H3,(H,30,32). The second kappa shape index (κ2) is 10.9. The zero-order chi connectivity index (χ0) is 25.1. The predicted octanol–water partition coefficient (Wildman–Crippen LogP) is 5.23. The molecule has 184 valence electrons. The number of hydrazone groups is 1. The summed E-state index contributed by atoms with van der Waals surface area (Å²) < 4.78 is 6.87. The van der Waals surface area contributed by atoms with Gasteiger partial charge in [-0.05, 0) is 73.2 Å². The molecule has 0 aliphatic heterocycles. The molecule has 7 nitrogen and oxygen atoms in total. The third-order valence-electron chi connectivity index (χ3n) is 5.89. The van der Waals surface area contributed by atoms with Gasteiger partial charge in [-0.15, -0.1) is 11.3 Å². The highest BCUT2D eigenvalue weighted by molar-refractivity contribution is 7.99. The van der Waals surface area contributed by atoms with Gasteiger partial charge in [0.15, 0.2) is 5.16 Å². The summed E-state index contributed by atoms with van der Waals surface area (Å²) in [4.78, 5) is 33.1. The number of benzene rings is 2. The number of fused-ring (bicyclic) bond motifs is 3. The molecule has 0 radical (unpaired) electrons. The highest BCUT2D eigenvalue weighted by Gasteiger charge is 2.23. The Labute approximate surface area is 221 Å². The number of methoxy groups -OCH3 is 1. The van der Waals surface area contributed by atoms with Crippen molar-refractivity contribution in [1.29, 1.82) is 0 Å². The van der Waals surface area contributed by atoms with Gasteiger partial charge in [-0.25, -0.2) is 10.4 Å². The minimum atomic E-state index is -0.300. The maximum Gasteiger partial charge on any atom is 0.267 e. The number of hydrogen-bond acceptors (Lipinski definition) is 7. The number of aryl methyl sites for hydroxylation is 2. The molecular weight excluding hydrogens is 516 g/mol. The van der Waals surface area contributed by atoms with E-state index in [9.17, 15) is 9.59 Å². The summed E-state index contributed by atoms with van der Waals surface area (Å²) in [7, 11) is 1.60. The van der Waals surface area contributed by atoms with Crippen LogP contribution >= 0.6 is 34.7 Å². The van der Waals surface area contributed by atoms with Gasteiger partial charge in [0.05, 0.1) is 30.2 Å². The number of rotatable bonds is 7. The van der Waals surface area contributed by atoms with Gasteiger partial charge >= 0.3 is 0 Å². The van der Waals surface area contributed by atoms with E-state index < -0.39 is 0 Å². The quantitative estimate of drug-likeness (QED) is 0.151. The lowest BCUT2D eigenvalue weighted by molar-refractivity contribution is -0.118. The first-order valence-electron chi connectivity index (χ1n) is 11.5. The molecule has 4 aromatic rings. The van der Waals surface area contributed by atoms with Crippen LogP contribution in [-0.4, -0.2) is 34.5 Å². The van der Waals surface area contributed by atoms with Crippen LogP contribution in [0, 0.1) is 0 Å². The molecule has 1 amide bonds. The van der Waals surface area contributed by atoms with Crippen molar-refractivity contribution in [2.24, 2.45) is 5.10 Å². The molecule has 2 aromatic heterocycles. The maximum absolute atomic E-state index is 13.8. The Bertz CT molecular complexity index is 1500. The van der Waals surface area contributed by atoms with Crippen LogP contribution in [0.5, 0.6) is 5.75 Å². The smallest absolute Gasteiger partial charge is 0.267 e. The fourth-order valence-electron chi connectivity index (χ4n) is 4.13. The lowest BCUT2D eigenvalue weighted by Crippen LogP contribution is -2.24. The van der Waals surface area contributed by atoms with Crippen LogP contribution in [0.4, 0.5) is 0 Å². The van der Waals surface area contributed by atoms with E-state index in [0.29, 0.717) is 27.0 Å². The molecule has 0 spiro atoms. The van der Waals surface area contributed by atoms with Crippen LogP contribution in [0.1, 0.15) is 28.8 Å². The predicted molar refractivity (Wildman–Crippen MR) is 146 cm³/mol. The molecule has 0 fully saturated rings. The third-order valence-corrected chi connectivity index (χ3v) is 8.27. The zero-order valence-electron chi connectivity index (χ0n) is 19.5. The molecule has 1 aliphatic rings. The minimum Gasteiger partial charge on any atom is -0.497 e. The second-order valence-electron chi connectivity index (χ2n) is 8.26. The Balaban J connectivity index is 1.43. The average Bonchev–Trinajstić information content (AvgIpc) is 3.27. The molecule has 0 saturated heterocycles. The summed E-state index contributed by atoms with van der Waals surface area (Å²) in [5, 5.41) is 5.81. The normalized spacial score (nSPS) is 13.2. The Morgan fingerprint density at radius 1 is 1.19 bits per heavy atom. The summed E-state index contributed by atoms with van der Waals surface area (Å²) >= 11 is 8.69. The van der Waals surface area contributed by atoms with Crippen LogP contribution in [0.3, 0.4) is 0 Å². The van der Waals surface area contributed by atoms with Crippen molar-refractivity contribution < 1.29 is 9.53 Å². The number of nitrogens with one attached hydrogen (secondary N) is 1. The van der Waals surface area contributed by atoms with Crippen molar-refractivity contribution in [3.8, 4) is 11.4 Å². The zero-order valence-corrected chi connectivity index (χ0v) is 21.9. The molecule has 2 heterocycles. The van der Waals surface area contributed by atoms with Crippen LogP contribution in [-0.2, 0) is 17.6 Å². The van der Waals surface area contributed by atoms with Crippen molar-refractivity contribution in [1.82, 2.24) is 15.0 Å². The van der Waals surface area contributed by atoms with Gasteiger partial charge in [0.2, 0.25) is 0 Å². The molecule has 0 unspecified atom stereocenters. The maximum atomic E-state index is 13.8. The van der Waals surface area contributed by atoms with Gasteiger partial charge in [-0.2, -0.15) is 5.10 Å². The Hall–Kier alpha value is -3.14. The second-order valence-corrected chi connectivity index (χ2v) is 10.7. The number of carbonyl (C=O) groups excluding carboxylic acids is 1. The molecule has 2 aromatic carbocycles. The van der Waals surface area contributed by atoms with E-state index in [1.807, 2.05) is 24.3 Å². The SMILES string of the molecule is COc1ccc(-n2c(SCC(=O)NN=Cc3ccc(Cl)cc3)nc3sc4c(c3c2=O)CCCC4)cc1. The van der Waals surface area contributed by atoms with Gasteiger partial charge in [0.1, 0.15) is 10.6 Å². The van der Waals surface area contributed by atoms with Gasteiger partial charge in [-0.1, -0.05) is 35.5 Å². The topological polar surface area (TPSA) is 85.6 Å².